The minimum Gasteiger partial charge on any atom is -0.466 e. The summed E-state index contributed by atoms with van der Waals surface area (Å²) >= 11 is 0. The Bertz CT molecular complexity index is 319. The molecule has 0 fully saturated rings. The molecule has 0 saturated heterocycles. The van der Waals surface area contributed by atoms with Gasteiger partial charge >= 0.3 is 5.97 Å². The second-order valence-electron chi connectivity index (χ2n) is 4.26. The van der Waals surface area contributed by atoms with Crippen molar-refractivity contribution >= 4 is 5.97 Å². The van der Waals surface area contributed by atoms with Gasteiger partial charge in [-0.15, -0.1) is 0 Å². The average molecular weight is 234 g/mol. The summed E-state index contributed by atoms with van der Waals surface area (Å²) in [6.45, 7) is 4.49. The predicted molar refractivity (Wildman–Crippen MR) is 70.0 cm³/mol. The van der Waals surface area contributed by atoms with Crippen molar-refractivity contribution in [2.24, 2.45) is 0 Å². The molecule has 2 heteroatoms. The normalized spacial score (nSPS) is 12.1. The zero-order valence-corrected chi connectivity index (χ0v) is 10.8. The molecule has 0 aliphatic heterocycles. The molecule has 0 unspecified atom stereocenters. The third-order valence-corrected chi connectivity index (χ3v) is 2.90. The molecular formula is C15H22O2. The first-order valence-corrected chi connectivity index (χ1v) is 6.48. The van der Waals surface area contributed by atoms with Gasteiger partial charge in [0.05, 0.1) is 13.0 Å². The predicted octanol–water partition coefficient (Wildman–Crippen LogP) is 3.91. The summed E-state index contributed by atoms with van der Waals surface area (Å²) < 4.78 is 5.03. The lowest BCUT2D eigenvalue weighted by Gasteiger charge is -2.16. The van der Waals surface area contributed by atoms with E-state index in [9.17, 15) is 4.79 Å². The highest BCUT2D eigenvalue weighted by atomic mass is 16.5. The van der Waals surface area contributed by atoms with Gasteiger partial charge in [-0.1, -0.05) is 50.1 Å². The van der Waals surface area contributed by atoms with Crippen molar-refractivity contribution in [3.8, 4) is 0 Å². The molecule has 2 nitrogen and oxygen atoms in total. The van der Waals surface area contributed by atoms with Crippen LogP contribution in [0, 0.1) is 0 Å². The molecule has 0 saturated carbocycles. The summed E-state index contributed by atoms with van der Waals surface area (Å²) in [6, 6.07) is 10.3. The highest BCUT2D eigenvalue weighted by Crippen LogP contribution is 2.25. The lowest BCUT2D eigenvalue weighted by atomic mass is 9.91. The van der Waals surface area contributed by atoms with Crippen molar-refractivity contribution in [2.75, 3.05) is 6.61 Å². The summed E-state index contributed by atoms with van der Waals surface area (Å²) in [5.41, 5.74) is 1.24. The van der Waals surface area contributed by atoms with E-state index < -0.39 is 0 Å². The number of unbranched alkanes of at least 4 members (excludes halogenated alkanes) is 1. The van der Waals surface area contributed by atoms with Gasteiger partial charge in [0.25, 0.3) is 0 Å². The molecule has 1 atom stereocenters. The minimum atomic E-state index is -0.0857. The SMILES string of the molecule is CCCC[C@@H](CC(=O)OCC)c1ccccc1. The first kappa shape index (κ1) is 13.8. The molecule has 17 heavy (non-hydrogen) atoms. The topological polar surface area (TPSA) is 26.3 Å². The molecule has 0 spiro atoms. The van der Waals surface area contributed by atoms with Crippen LogP contribution in [-0.4, -0.2) is 12.6 Å². The van der Waals surface area contributed by atoms with Crippen LogP contribution in [0.25, 0.3) is 0 Å². The number of rotatable bonds is 7. The molecule has 0 aromatic heterocycles. The van der Waals surface area contributed by atoms with Gasteiger partial charge in [0.15, 0.2) is 0 Å². The Morgan fingerprint density at radius 1 is 1.24 bits per heavy atom. The Labute approximate surface area is 104 Å². The Morgan fingerprint density at radius 3 is 2.53 bits per heavy atom. The number of esters is 1. The Balaban J connectivity index is 2.63. The van der Waals surface area contributed by atoms with Crippen molar-refractivity contribution in [3.05, 3.63) is 35.9 Å². The van der Waals surface area contributed by atoms with Crippen LogP contribution in [0.5, 0.6) is 0 Å². The molecule has 0 heterocycles. The van der Waals surface area contributed by atoms with Crippen LogP contribution in [0.3, 0.4) is 0 Å². The molecular weight excluding hydrogens is 212 g/mol. The van der Waals surface area contributed by atoms with Crippen LogP contribution < -0.4 is 0 Å². The van der Waals surface area contributed by atoms with Gasteiger partial charge in [-0.2, -0.15) is 0 Å². The number of carbonyl (C=O) groups is 1. The Kier molecular flexibility index (Phi) is 6.38. The third-order valence-electron chi connectivity index (χ3n) is 2.90. The number of hydrogen-bond acceptors (Lipinski definition) is 2. The van der Waals surface area contributed by atoms with Crippen LogP contribution >= 0.6 is 0 Å². The Morgan fingerprint density at radius 2 is 1.94 bits per heavy atom. The molecule has 0 amide bonds. The summed E-state index contributed by atoms with van der Waals surface area (Å²) in [7, 11) is 0. The van der Waals surface area contributed by atoms with E-state index in [2.05, 4.69) is 19.1 Å². The molecule has 0 bridgehead atoms. The summed E-state index contributed by atoms with van der Waals surface area (Å²) in [4.78, 5) is 11.6. The number of benzene rings is 1. The van der Waals surface area contributed by atoms with Gasteiger partial charge in [-0.3, -0.25) is 4.79 Å². The van der Waals surface area contributed by atoms with Crippen molar-refractivity contribution in [1.82, 2.24) is 0 Å². The lowest BCUT2D eigenvalue weighted by molar-refractivity contribution is -0.143. The maximum absolute atomic E-state index is 11.6. The van der Waals surface area contributed by atoms with E-state index in [0.717, 1.165) is 19.3 Å². The first-order valence-electron chi connectivity index (χ1n) is 6.48. The number of ether oxygens (including phenoxy) is 1. The minimum absolute atomic E-state index is 0.0857. The average Bonchev–Trinajstić information content (AvgIpc) is 2.36. The quantitative estimate of drug-likeness (QED) is 0.668. The van der Waals surface area contributed by atoms with E-state index in [0.29, 0.717) is 18.9 Å². The van der Waals surface area contributed by atoms with Gasteiger partial charge in [0, 0.05) is 0 Å². The summed E-state index contributed by atoms with van der Waals surface area (Å²) in [6.07, 6.45) is 3.86. The van der Waals surface area contributed by atoms with Crippen LogP contribution in [0.2, 0.25) is 0 Å². The summed E-state index contributed by atoms with van der Waals surface area (Å²) in [5, 5.41) is 0. The second-order valence-corrected chi connectivity index (χ2v) is 4.26. The third kappa shape index (κ3) is 5.03. The van der Waals surface area contributed by atoms with E-state index >= 15 is 0 Å². The number of carbonyl (C=O) groups excluding carboxylic acids is 1. The fourth-order valence-electron chi connectivity index (χ4n) is 1.98. The van der Waals surface area contributed by atoms with Crippen molar-refractivity contribution in [1.29, 1.82) is 0 Å². The molecule has 1 rings (SSSR count). The van der Waals surface area contributed by atoms with E-state index in [1.54, 1.807) is 0 Å². The van der Waals surface area contributed by atoms with E-state index in [-0.39, 0.29) is 5.97 Å². The van der Waals surface area contributed by atoms with Gasteiger partial charge in [-0.05, 0) is 24.8 Å². The van der Waals surface area contributed by atoms with Crippen molar-refractivity contribution in [3.63, 3.8) is 0 Å². The monoisotopic (exact) mass is 234 g/mol. The lowest BCUT2D eigenvalue weighted by Crippen LogP contribution is -2.10. The largest absolute Gasteiger partial charge is 0.466 e. The van der Waals surface area contributed by atoms with Gasteiger partial charge in [0.2, 0.25) is 0 Å². The molecule has 0 N–H and O–H groups in total. The van der Waals surface area contributed by atoms with Crippen molar-refractivity contribution < 1.29 is 9.53 Å². The zero-order chi connectivity index (χ0) is 12.5. The molecule has 1 aromatic carbocycles. The van der Waals surface area contributed by atoms with Gasteiger partial charge in [-0.25, -0.2) is 0 Å². The van der Waals surface area contributed by atoms with E-state index in [4.69, 9.17) is 4.74 Å². The highest BCUT2D eigenvalue weighted by molar-refractivity contribution is 5.70. The van der Waals surface area contributed by atoms with Crippen LogP contribution in [0.15, 0.2) is 30.3 Å². The smallest absolute Gasteiger partial charge is 0.306 e. The van der Waals surface area contributed by atoms with E-state index in [1.807, 2.05) is 25.1 Å². The molecule has 0 radical (unpaired) electrons. The molecule has 0 aliphatic carbocycles. The van der Waals surface area contributed by atoms with Crippen LogP contribution in [-0.2, 0) is 9.53 Å². The summed E-state index contributed by atoms with van der Waals surface area (Å²) in [5.74, 6) is 0.215. The maximum Gasteiger partial charge on any atom is 0.306 e. The van der Waals surface area contributed by atoms with Gasteiger partial charge < -0.3 is 4.74 Å². The van der Waals surface area contributed by atoms with Crippen LogP contribution in [0.1, 0.15) is 51.0 Å². The fraction of sp³-hybridized carbons (Fsp3) is 0.533. The molecule has 0 aliphatic rings. The fourth-order valence-corrected chi connectivity index (χ4v) is 1.98. The highest BCUT2D eigenvalue weighted by Gasteiger charge is 2.15. The van der Waals surface area contributed by atoms with Gasteiger partial charge in [0.1, 0.15) is 0 Å². The molecule has 94 valence electrons. The standard InChI is InChI=1S/C15H22O2/c1-3-5-9-14(12-15(16)17-4-2)13-10-7-6-8-11-13/h6-8,10-11,14H,3-5,9,12H2,1-2H3/t14-/m0/s1. The maximum atomic E-state index is 11.6. The Hall–Kier alpha value is -1.31. The van der Waals surface area contributed by atoms with Crippen molar-refractivity contribution in [2.45, 2.75) is 45.4 Å². The zero-order valence-electron chi connectivity index (χ0n) is 10.8. The second kappa shape index (κ2) is 7.88. The number of hydrogen-bond donors (Lipinski definition) is 0. The van der Waals surface area contributed by atoms with Crippen LogP contribution in [0.4, 0.5) is 0 Å². The first-order chi connectivity index (χ1) is 8.27. The molecule has 1 aromatic rings. The van der Waals surface area contributed by atoms with E-state index in [1.165, 1.54) is 5.56 Å².